The van der Waals surface area contributed by atoms with Crippen LogP contribution in [0.1, 0.15) is 18.5 Å². The first-order valence-corrected chi connectivity index (χ1v) is 7.88. The maximum Gasteiger partial charge on any atom is 0.244 e. The zero-order valence-electron chi connectivity index (χ0n) is 13.1. The Balaban J connectivity index is 1.65. The first-order chi connectivity index (χ1) is 11.6. The number of carbonyl (C=O) groups is 1. The predicted molar refractivity (Wildman–Crippen MR) is 91.3 cm³/mol. The molecule has 1 aromatic heterocycles. The van der Waals surface area contributed by atoms with Crippen molar-refractivity contribution in [1.82, 2.24) is 25.5 Å². The minimum Gasteiger partial charge on any atom is -0.348 e. The summed E-state index contributed by atoms with van der Waals surface area (Å²) in [6.45, 7) is 1.92. The molecular weight excluding hydrogens is 326 g/mol. The van der Waals surface area contributed by atoms with Gasteiger partial charge < -0.3 is 5.32 Å². The highest BCUT2D eigenvalue weighted by Gasteiger charge is 2.13. The van der Waals surface area contributed by atoms with Gasteiger partial charge in [0.1, 0.15) is 6.54 Å². The van der Waals surface area contributed by atoms with E-state index in [0.29, 0.717) is 16.4 Å². The van der Waals surface area contributed by atoms with Crippen molar-refractivity contribution < 1.29 is 4.79 Å². The Morgan fingerprint density at radius 2 is 1.88 bits per heavy atom. The van der Waals surface area contributed by atoms with Crippen molar-refractivity contribution in [1.29, 1.82) is 0 Å². The molecule has 1 amide bonds. The lowest BCUT2D eigenvalue weighted by Gasteiger charge is -2.13. The van der Waals surface area contributed by atoms with Gasteiger partial charge in [0.2, 0.25) is 11.7 Å². The number of halogens is 1. The van der Waals surface area contributed by atoms with Crippen molar-refractivity contribution in [2.75, 3.05) is 0 Å². The van der Waals surface area contributed by atoms with Crippen molar-refractivity contribution in [2.45, 2.75) is 19.5 Å². The monoisotopic (exact) mass is 341 g/mol. The molecule has 0 fully saturated rings. The quantitative estimate of drug-likeness (QED) is 0.774. The Kier molecular flexibility index (Phi) is 4.86. The number of hydrogen-bond donors (Lipinski definition) is 1. The normalized spacial score (nSPS) is 11.9. The van der Waals surface area contributed by atoms with Crippen molar-refractivity contribution in [3.63, 3.8) is 0 Å². The number of tetrazole rings is 1. The number of amides is 1. The van der Waals surface area contributed by atoms with Crippen molar-refractivity contribution in [3.05, 3.63) is 65.2 Å². The molecule has 0 spiro atoms. The molecule has 122 valence electrons. The summed E-state index contributed by atoms with van der Waals surface area (Å²) in [7, 11) is 0. The molecule has 24 heavy (non-hydrogen) atoms. The van der Waals surface area contributed by atoms with E-state index >= 15 is 0 Å². The summed E-state index contributed by atoms with van der Waals surface area (Å²) in [4.78, 5) is 13.4. The number of nitrogens with one attached hydrogen (secondary N) is 1. The van der Waals surface area contributed by atoms with E-state index in [9.17, 15) is 4.79 Å². The highest BCUT2D eigenvalue weighted by molar-refractivity contribution is 6.33. The second kappa shape index (κ2) is 7.23. The molecule has 0 bridgehead atoms. The lowest BCUT2D eigenvalue weighted by Crippen LogP contribution is -2.30. The van der Waals surface area contributed by atoms with Crippen LogP contribution >= 0.6 is 11.6 Å². The Morgan fingerprint density at radius 1 is 1.17 bits per heavy atom. The van der Waals surface area contributed by atoms with E-state index in [1.54, 1.807) is 12.1 Å². The number of nitrogens with zero attached hydrogens (tertiary/aromatic N) is 4. The molecule has 1 unspecified atom stereocenters. The molecule has 2 aromatic carbocycles. The molecule has 0 aliphatic carbocycles. The second-order valence-corrected chi connectivity index (χ2v) is 5.73. The maximum absolute atomic E-state index is 12.1. The third kappa shape index (κ3) is 3.78. The molecule has 0 saturated carbocycles. The Morgan fingerprint density at radius 3 is 2.62 bits per heavy atom. The topological polar surface area (TPSA) is 72.7 Å². The van der Waals surface area contributed by atoms with Gasteiger partial charge in [0.25, 0.3) is 0 Å². The van der Waals surface area contributed by atoms with Gasteiger partial charge in [-0.15, -0.1) is 10.2 Å². The summed E-state index contributed by atoms with van der Waals surface area (Å²) in [5, 5.41) is 15.5. The third-order valence-corrected chi connectivity index (χ3v) is 3.86. The molecule has 0 aliphatic rings. The van der Waals surface area contributed by atoms with Crippen LogP contribution in [0, 0.1) is 0 Å². The van der Waals surface area contributed by atoms with Crippen LogP contribution in [0.4, 0.5) is 0 Å². The van der Waals surface area contributed by atoms with Crippen molar-refractivity contribution in [2.24, 2.45) is 0 Å². The number of benzene rings is 2. The Hall–Kier alpha value is -2.73. The molecule has 7 heteroatoms. The summed E-state index contributed by atoms with van der Waals surface area (Å²) in [6, 6.07) is 16.9. The van der Waals surface area contributed by atoms with Gasteiger partial charge in [0.15, 0.2) is 0 Å². The fourth-order valence-electron chi connectivity index (χ4n) is 2.30. The lowest BCUT2D eigenvalue weighted by molar-refractivity contribution is -0.122. The van der Waals surface area contributed by atoms with Gasteiger partial charge >= 0.3 is 0 Å². The summed E-state index contributed by atoms with van der Waals surface area (Å²) in [5.41, 5.74) is 1.72. The zero-order valence-corrected chi connectivity index (χ0v) is 13.8. The molecule has 3 aromatic rings. The number of carbonyl (C=O) groups excluding carboxylic acids is 1. The summed E-state index contributed by atoms with van der Waals surface area (Å²) < 4.78 is 0. The van der Waals surface area contributed by atoms with Crippen LogP contribution in [0.3, 0.4) is 0 Å². The van der Waals surface area contributed by atoms with E-state index in [4.69, 9.17) is 11.6 Å². The molecule has 1 atom stereocenters. The van der Waals surface area contributed by atoms with Crippen LogP contribution in [-0.2, 0) is 11.3 Å². The minimum atomic E-state index is -0.186. The molecule has 0 saturated heterocycles. The summed E-state index contributed by atoms with van der Waals surface area (Å²) >= 11 is 6.11. The van der Waals surface area contributed by atoms with Crippen LogP contribution in [-0.4, -0.2) is 26.1 Å². The molecule has 1 N–H and O–H groups in total. The third-order valence-electron chi connectivity index (χ3n) is 3.53. The van der Waals surface area contributed by atoms with Gasteiger partial charge in [-0.1, -0.05) is 54.1 Å². The Bertz CT molecular complexity index is 834. The van der Waals surface area contributed by atoms with E-state index < -0.39 is 0 Å². The van der Waals surface area contributed by atoms with E-state index in [-0.39, 0.29) is 18.5 Å². The van der Waals surface area contributed by atoms with Gasteiger partial charge in [-0.3, -0.25) is 4.79 Å². The van der Waals surface area contributed by atoms with Crippen LogP contribution in [0.15, 0.2) is 54.6 Å². The summed E-state index contributed by atoms with van der Waals surface area (Å²) in [6.07, 6.45) is 0. The van der Waals surface area contributed by atoms with Crippen molar-refractivity contribution in [3.8, 4) is 11.4 Å². The highest BCUT2D eigenvalue weighted by atomic mass is 35.5. The fourth-order valence-corrected chi connectivity index (χ4v) is 2.52. The van der Waals surface area contributed by atoms with Crippen LogP contribution in [0.5, 0.6) is 0 Å². The van der Waals surface area contributed by atoms with E-state index in [1.807, 2.05) is 49.4 Å². The van der Waals surface area contributed by atoms with E-state index in [2.05, 4.69) is 20.7 Å². The van der Waals surface area contributed by atoms with Crippen molar-refractivity contribution >= 4 is 17.5 Å². The van der Waals surface area contributed by atoms with E-state index in [1.165, 1.54) is 4.80 Å². The minimum absolute atomic E-state index is 0.00533. The number of rotatable bonds is 5. The molecule has 6 nitrogen and oxygen atoms in total. The van der Waals surface area contributed by atoms with Gasteiger partial charge in [0.05, 0.1) is 11.1 Å². The largest absolute Gasteiger partial charge is 0.348 e. The standard InChI is InChI=1S/C17H16ClN5O/c1-12(13-7-3-2-4-8-13)19-16(24)11-23-21-17(20-22-23)14-9-5-6-10-15(14)18/h2-10,12H,11H2,1H3,(H,19,24). The van der Waals surface area contributed by atoms with Crippen LogP contribution in [0.25, 0.3) is 11.4 Å². The van der Waals surface area contributed by atoms with Gasteiger partial charge in [-0.2, -0.15) is 4.80 Å². The fraction of sp³-hybridized carbons (Fsp3) is 0.176. The number of hydrogen-bond acceptors (Lipinski definition) is 4. The highest BCUT2D eigenvalue weighted by Crippen LogP contribution is 2.23. The lowest BCUT2D eigenvalue weighted by atomic mass is 10.1. The zero-order chi connectivity index (χ0) is 16.9. The molecule has 3 rings (SSSR count). The molecular formula is C17H16ClN5O. The maximum atomic E-state index is 12.1. The summed E-state index contributed by atoms with van der Waals surface area (Å²) in [5.74, 6) is 0.207. The molecule has 1 heterocycles. The first-order valence-electron chi connectivity index (χ1n) is 7.50. The Labute approximate surface area is 144 Å². The second-order valence-electron chi connectivity index (χ2n) is 5.32. The predicted octanol–water partition coefficient (Wildman–Crippen LogP) is 2.87. The van der Waals surface area contributed by atoms with Gasteiger partial charge in [0, 0.05) is 5.56 Å². The number of aromatic nitrogens is 4. The average molecular weight is 342 g/mol. The van der Waals surface area contributed by atoms with Gasteiger partial charge in [-0.05, 0) is 29.8 Å². The molecule has 0 radical (unpaired) electrons. The van der Waals surface area contributed by atoms with Crippen LogP contribution < -0.4 is 5.32 Å². The smallest absolute Gasteiger partial charge is 0.244 e. The van der Waals surface area contributed by atoms with E-state index in [0.717, 1.165) is 5.56 Å². The van der Waals surface area contributed by atoms with Crippen LogP contribution in [0.2, 0.25) is 5.02 Å². The van der Waals surface area contributed by atoms with Gasteiger partial charge in [-0.25, -0.2) is 0 Å². The molecule has 0 aliphatic heterocycles. The SMILES string of the molecule is CC(NC(=O)Cn1nnc(-c2ccccc2Cl)n1)c1ccccc1. The average Bonchev–Trinajstić information content (AvgIpc) is 3.04. The first kappa shape index (κ1) is 16.1.